The lowest BCUT2D eigenvalue weighted by Gasteiger charge is -2.11. The van der Waals surface area contributed by atoms with E-state index in [1.165, 1.54) is 49.4 Å². The van der Waals surface area contributed by atoms with E-state index in [-0.39, 0.29) is 0 Å². The maximum Gasteiger partial charge on any atom is 0.160 e. The fourth-order valence-corrected chi connectivity index (χ4v) is 6.59. The highest BCUT2D eigenvalue weighted by Crippen LogP contribution is 2.35. The Balaban J connectivity index is 1.09. The van der Waals surface area contributed by atoms with Crippen molar-refractivity contribution >= 4 is 43.5 Å². The first kappa shape index (κ1) is 25.4. The van der Waals surface area contributed by atoms with Gasteiger partial charge >= 0.3 is 0 Å². The molecule has 0 radical (unpaired) electrons. The van der Waals surface area contributed by atoms with Gasteiger partial charge in [0.1, 0.15) is 0 Å². The average molecular weight is 574 g/mol. The summed E-state index contributed by atoms with van der Waals surface area (Å²) < 4.78 is 2.37. The Kier molecular flexibility index (Phi) is 5.82. The third kappa shape index (κ3) is 4.29. The summed E-state index contributed by atoms with van der Waals surface area (Å²) in [6, 6.07) is 58.0. The monoisotopic (exact) mass is 573 g/mol. The molecular weight excluding hydrogens is 546 g/mol. The predicted octanol–water partition coefficient (Wildman–Crippen LogP) is 10.9. The van der Waals surface area contributed by atoms with Crippen LogP contribution >= 0.6 is 0 Å². The fourth-order valence-electron chi connectivity index (χ4n) is 6.59. The van der Waals surface area contributed by atoms with Gasteiger partial charge in [-0.2, -0.15) is 0 Å². The molecule has 0 aliphatic carbocycles. The van der Waals surface area contributed by atoms with Gasteiger partial charge in [0, 0.05) is 33.0 Å². The molecule has 45 heavy (non-hydrogen) atoms. The molecule has 9 aromatic rings. The topological polar surface area (TPSA) is 30.7 Å². The molecule has 0 fully saturated rings. The van der Waals surface area contributed by atoms with Crippen molar-refractivity contribution in [3.8, 4) is 39.5 Å². The molecule has 0 N–H and O–H groups in total. The Bertz CT molecular complexity index is 2470. The summed E-state index contributed by atoms with van der Waals surface area (Å²) in [5.41, 5.74) is 9.96. The lowest BCUT2D eigenvalue weighted by molar-refractivity contribution is 1.19. The van der Waals surface area contributed by atoms with Gasteiger partial charge in [-0.15, -0.1) is 0 Å². The van der Waals surface area contributed by atoms with E-state index in [2.05, 4.69) is 138 Å². The second-order valence-corrected chi connectivity index (χ2v) is 11.5. The van der Waals surface area contributed by atoms with Gasteiger partial charge in [-0.25, -0.2) is 9.97 Å². The maximum atomic E-state index is 5.04. The molecule has 0 bridgehead atoms. The van der Waals surface area contributed by atoms with E-state index in [1.807, 2.05) is 30.3 Å². The van der Waals surface area contributed by atoms with Crippen LogP contribution in [-0.4, -0.2) is 14.5 Å². The van der Waals surface area contributed by atoms with Crippen LogP contribution in [0.1, 0.15) is 0 Å². The van der Waals surface area contributed by atoms with Crippen LogP contribution in [0.2, 0.25) is 0 Å². The molecule has 0 unspecified atom stereocenters. The van der Waals surface area contributed by atoms with Crippen molar-refractivity contribution < 1.29 is 0 Å². The highest BCUT2D eigenvalue weighted by atomic mass is 15.0. The lowest BCUT2D eigenvalue weighted by atomic mass is 9.98. The quantitative estimate of drug-likeness (QED) is 0.210. The van der Waals surface area contributed by atoms with Gasteiger partial charge in [0.15, 0.2) is 5.82 Å². The molecule has 2 heterocycles. The van der Waals surface area contributed by atoms with Crippen molar-refractivity contribution in [2.24, 2.45) is 0 Å². The largest absolute Gasteiger partial charge is 0.309 e. The molecule has 7 aromatic carbocycles. The molecule has 0 aliphatic heterocycles. The molecule has 9 rings (SSSR count). The zero-order chi connectivity index (χ0) is 29.7. The second kappa shape index (κ2) is 10.3. The number of hydrogen-bond acceptors (Lipinski definition) is 2. The molecule has 0 atom stereocenters. The molecule has 2 aromatic heterocycles. The summed E-state index contributed by atoms with van der Waals surface area (Å²) in [7, 11) is 0. The Morgan fingerprint density at radius 3 is 1.71 bits per heavy atom. The van der Waals surface area contributed by atoms with E-state index in [0.717, 1.165) is 33.5 Å². The zero-order valence-electron chi connectivity index (χ0n) is 24.4. The SMILES string of the molecule is c1ccc(-c2nc(-c3ccc(-c4ccc5cc(-n6c7ccccc7c7ccccc76)ccc5c4)cc3)c3ccccc3n2)cc1. The van der Waals surface area contributed by atoms with Crippen LogP contribution in [0.25, 0.3) is 82.9 Å². The number of nitrogens with zero attached hydrogens (tertiary/aromatic N) is 3. The minimum absolute atomic E-state index is 0.739. The van der Waals surface area contributed by atoms with E-state index in [9.17, 15) is 0 Å². The Labute approximate surface area is 260 Å². The Morgan fingerprint density at radius 2 is 0.956 bits per heavy atom. The summed E-state index contributed by atoms with van der Waals surface area (Å²) in [5.74, 6) is 0.739. The number of para-hydroxylation sites is 3. The zero-order valence-corrected chi connectivity index (χ0v) is 24.4. The molecule has 0 aliphatic rings. The van der Waals surface area contributed by atoms with Crippen LogP contribution < -0.4 is 0 Å². The van der Waals surface area contributed by atoms with Crippen molar-refractivity contribution in [2.75, 3.05) is 0 Å². The summed E-state index contributed by atoms with van der Waals surface area (Å²) >= 11 is 0. The number of hydrogen-bond donors (Lipinski definition) is 0. The summed E-state index contributed by atoms with van der Waals surface area (Å²) in [6.07, 6.45) is 0. The summed E-state index contributed by atoms with van der Waals surface area (Å²) in [6.45, 7) is 0. The van der Waals surface area contributed by atoms with Gasteiger partial charge in [0.05, 0.1) is 22.2 Å². The molecule has 3 heteroatoms. The fraction of sp³-hybridized carbons (Fsp3) is 0. The van der Waals surface area contributed by atoms with Gasteiger partial charge < -0.3 is 4.57 Å². The normalized spacial score (nSPS) is 11.6. The van der Waals surface area contributed by atoms with Crippen molar-refractivity contribution in [3.05, 3.63) is 164 Å². The third-order valence-electron chi connectivity index (χ3n) is 8.79. The highest BCUT2D eigenvalue weighted by molar-refractivity contribution is 6.09. The van der Waals surface area contributed by atoms with Crippen molar-refractivity contribution in [1.29, 1.82) is 0 Å². The van der Waals surface area contributed by atoms with Gasteiger partial charge in [0.25, 0.3) is 0 Å². The molecule has 0 saturated carbocycles. The third-order valence-corrected chi connectivity index (χ3v) is 8.79. The number of benzene rings is 7. The molecular formula is C42H27N3. The predicted molar refractivity (Wildman–Crippen MR) is 188 cm³/mol. The van der Waals surface area contributed by atoms with E-state index in [4.69, 9.17) is 9.97 Å². The minimum atomic E-state index is 0.739. The smallest absolute Gasteiger partial charge is 0.160 e. The van der Waals surface area contributed by atoms with Gasteiger partial charge in [0.2, 0.25) is 0 Å². The Morgan fingerprint density at radius 1 is 0.378 bits per heavy atom. The molecule has 3 nitrogen and oxygen atoms in total. The number of rotatable bonds is 4. The van der Waals surface area contributed by atoms with Crippen LogP contribution in [0, 0.1) is 0 Å². The van der Waals surface area contributed by atoms with Crippen LogP contribution in [0.5, 0.6) is 0 Å². The molecule has 0 spiro atoms. The summed E-state index contributed by atoms with van der Waals surface area (Å²) in [5, 5.41) is 6.04. The lowest BCUT2D eigenvalue weighted by Crippen LogP contribution is -1.95. The average Bonchev–Trinajstić information content (AvgIpc) is 3.45. The first-order valence-corrected chi connectivity index (χ1v) is 15.3. The second-order valence-electron chi connectivity index (χ2n) is 11.5. The number of fused-ring (bicyclic) bond motifs is 5. The molecule has 0 amide bonds. The summed E-state index contributed by atoms with van der Waals surface area (Å²) in [4.78, 5) is 9.90. The van der Waals surface area contributed by atoms with E-state index >= 15 is 0 Å². The van der Waals surface area contributed by atoms with E-state index in [0.29, 0.717) is 0 Å². The van der Waals surface area contributed by atoms with Crippen LogP contribution in [0.3, 0.4) is 0 Å². The standard InChI is InChI=1S/C42H27N3/c1-2-10-30(11-3-1)42-43-38-15-7-4-14-37(38)41(44-42)29-20-18-28(19-21-29)31-22-23-33-27-34(25-24-32(33)26-31)45-39-16-8-5-12-35(39)36-13-6-9-17-40(36)45/h1-27H. The van der Waals surface area contributed by atoms with E-state index < -0.39 is 0 Å². The van der Waals surface area contributed by atoms with Crippen LogP contribution in [0.4, 0.5) is 0 Å². The number of aromatic nitrogens is 3. The van der Waals surface area contributed by atoms with Crippen molar-refractivity contribution in [1.82, 2.24) is 14.5 Å². The van der Waals surface area contributed by atoms with Crippen molar-refractivity contribution in [3.63, 3.8) is 0 Å². The van der Waals surface area contributed by atoms with E-state index in [1.54, 1.807) is 0 Å². The van der Waals surface area contributed by atoms with Gasteiger partial charge in [-0.05, 0) is 58.3 Å². The Hall–Kier alpha value is -6.06. The molecule has 0 saturated heterocycles. The highest BCUT2D eigenvalue weighted by Gasteiger charge is 2.13. The van der Waals surface area contributed by atoms with Crippen molar-refractivity contribution in [2.45, 2.75) is 0 Å². The van der Waals surface area contributed by atoms with Gasteiger partial charge in [-0.3, -0.25) is 0 Å². The van der Waals surface area contributed by atoms with Crippen LogP contribution in [0.15, 0.2) is 164 Å². The first-order valence-electron chi connectivity index (χ1n) is 15.3. The maximum absolute atomic E-state index is 5.04. The minimum Gasteiger partial charge on any atom is -0.309 e. The van der Waals surface area contributed by atoms with Gasteiger partial charge in [-0.1, -0.05) is 127 Å². The molecule has 210 valence electrons. The first-order chi connectivity index (χ1) is 22.3. The van der Waals surface area contributed by atoms with Crippen LogP contribution in [-0.2, 0) is 0 Å².